The molecule has 2 amide bonds. The van der Waals surface area contributed by atoms with Gasteiger partial charge in [-0.3, -0.25) is 14.9 Å². The lowest BCUT2D eigenvalue weighted by Gasteiger charge is -2.09. The molecule has 1 aliphatic rings. The zero-order chi connectivity index (χ0) is 12.7. The standard InChI is InChI=1S/C10H3Br4NO2/c11-5-1-3(7(12)9(14)8(5)13)4-2-6(16)15-10(4)17/h1-2H,(H,15,16,17). The highest BCUT2D eigenvalue weighted by Gasteiger charge is 2.25. The normalized spacial score (nSPS) is 14.9. The van der Waals surface area contributed by atoms with Crippen molar-refractivity contribution in [3.05, 3.63) is 35.6 Å². The largest absolute Gasteiger partial charge is 0.289 e. The van der Waals surface area contributed by atoms with Crippen molar-refractivity contribution in [3.63, 3.8) is 0 Å². The third-order valence-corrected chi connectivity index (χ3v) is 6.81. The zero-order valence-corrected chi connectivity index (χ0v) is 14.3. The Morgan fingerprint density at radius 1 is 0.941 bits per heavy atom. The Kier molecular flexibility index (Phi) is 3.92. The Hall–Kier alpha value is 0.0200. The predicted molar refractivity (Wildman–Crippen MR) is 78.4 cm³/mol. The molecule has 0 fully saturated rings. The summed E-state index contributed by atoms with van der Waals surface area (Å²) in [6.07, 6.45) is 1.29. The Bertz CT molecular complexity index is 580. The van der Waals surface area contributed by atoms with E-state index >= 15 is 0 Å². The van der Waals surface area contributed by atoms with Crippen LogP contribution in [-0.2, 0) is 9.59 Å². The van der Waals surface area contributed by atoms with E-state index in [2.05, 4.69) is 69.0 Å². The average Bonchev–Trinajstić information content (AvgIpc) is 2.60. The molecule has 0 spiro atoms. The van der Waals surface area contributed by atoms with Crippen molar-refractivity contribution in [3.8, 4) is 0 Å². The van der Waals surface area contributed by atoms with Crippen LogP contribution < -0.4 is 5.32 Å². The molecule has 1 N–H and O–H groups in total. The van der Waals surface area contributed by atoms with E-state index in [4.69, 9.17) is 0 Å². The van der Waals surface area contributed by atoms with Crippen LogP contribution in [-0.4, -0.2) is 11.8 Å². The molecule has 0 saturated carbocycles. The summed E-state index contributed by atoms with van der Waals surface area (Å²) in [7, 11) is 0. The van der Waals surface area contributed by atoms with Gasteiger partial charge in [-0.15, -0.1) is 0 Å². The molecule has 0 unspecified atom stereocenters. The van der Waals surface area contributed by atoms with Gasteiger partial charge in [-0.2, -0.15) is 0 Å². The average molecular weight is 489 g/mol. The maximum absolute atomic E-state index is 11.6. The first-order chi connectivity index (χ1) is 7.91. The summed E-state index contributed by atoms with van der Waals surface area (Å²) in [6, 6.07) is 1.77. The van der Waals surface area contributed by atoms with Gasteiger partial charge < -0.3 is 0 Å². The summed E-state index contributed by atoms with van der Waals surface area (Å²) in [5.74, 6) is -0.788. The van der Waals surface area contributed by atoms with Gasteiger partial charge >= 0.3 is 0 Å². The van der Waals surface area contributed by atoms with Crippen molar-refractivity contribution < 1.29 is 9.59 Å². The zero-order valence-electron chi connectivity index (χ0n) is 7.98. The minimum atomic E-state index is -0.396. The first kappa shape index (κ1) is 13.5. The molecule has 0 atom stereocenters. The van der Waals surface area contributed by atoms with Crippen molar-refractivity contribution in [1.29, 1.82) is 0 Å². The smallest absolute Gasteiger partial charge is 0.258 e. The summed E-state index contributed by atoms with van der Waals surface area (Å²) in [6.45, 7) is 0. The number of benzene rings is 1. The monoisotopic (exact) mass is 485 g/mol. The molecule has 88 valence electrons. The molecule has 1 aromatic rings. The molecule has 0 bridgehead atoms. The van der Waals surface area contributed by atoms with Crippen LogP contribution in [0.2, 0.25) is 0 Å². The number of carbonyl (C=O) groups excluding carboxylic acids is 2. The Balaban J connectivity index is 2.65. The van der Waals surface area contributed by atoms with Crippen LogP contribution in [0.5, 0.6) is 0 Å². The number of hydrogen-bond donors (Lipinski definition) is 1. The molecule has 1 heterocycles. The van der Waals surface area contributed by atoms with E-state index in [1.165, 1.54) is 6.08 Å². The topological polar surface area (TPSA) is 46.2 Å². The number of amides is 2. The minimum Gasteiger partial charge on any atom is -0.289 e. The molecule has 0 saturated heterocycles. The van der Waals surface area contributed by atoms with Gasteiger partial charge in [0.05, 0.1) is 5.57 Å². The van der Waals surface area contributed by atoms with Crippen LogP contribution in [0.4, 0.5) is 0 Å². The van der Waals surface area contributed by atoms with Crippen LogP contribution in [0.1, 0.15) is 5.56 Å². The van der Waals surface area contributed by atoms with Gasteiger partial charge in [0.2, 0.25) is 0 Å². The maximum atomic E-state index is 11.6. The minimum absolute atomic E-state index is 0.343. The molecule has 0 aliphatic carbocycles. The maximum Gasteiger partial charge on any atom is 0.258 e. The quantitative estimate of drug-likeness (QED) is 0.372. The van der Waals surface area contributed by atoms with Gasteiger partial charge in [0.25, 0.3) is 11.8 Å². The highest BCUT2D eigenvalue weighted by Crippen LogP contribution is 2.41. The summed E-state index contributed by atoms with van der Waals surface area (Å²) in [5.41, 5.74) is 0.992. The molecule has 3 nitrogen and oxygen atoms in total. The van der Waals surface area contributed by atoms with E-state index in [0.29, 0.717) is 15.6 Å². The second kappa shape index (κ2) is 4.95. The van der Waals surface area contributed by atoms with Gasteiger partial charge in [-0.25, -0.2) is 0 Å². The van der Waals surface area contributed by atoms with E-state index in [1.54, 1.807) is 6.07 Å². The number of imide groups is 1. The summed E-state index contributed by atoms with van der Waals surface area (Å²) < 4.78 is 3.10. The lowest BCUT2D eigenvalue weighted by molar-refractivity contribution is -0.123. The second-order valence-electron chi connectivity index (χ2n) is 3.22. The van der Waals surface area contributed by atoms with Crippen LogP contribution in [0.15, 0.2) is 30.0 Å². The van der Waals surface area contributed by atoms with Gasteiger partial charge in [-0.05, 0) is 69.8 Å². The molecule has 2 rings (SSSR count). The molecular weight excluding hydrogens is 486 g/mol. The van der Waals surface area contributed by atoms with E-state index in [-0.39, 0.29) is 0 Å². The predicted octanol–water partition coefficient (Wildman–Crippen LogP) is 3.78. The number of carbonyl (C=O) groups is 2. The van der Waals surface area contributed by atoms with Gasteiger partial charge in [0.1, 0.15) is 0 Å². The van der Waals surface area contributed by atoms with Crippen molar-refractivity contribution >= 4 is 81.1 Å². The SMILES string of the molecule is O=C1C=C(c2cc(Br)c(Br)c(Br)c2Br)C(=O)N1. The first-order valence-corrected chi connectivity index (χ1v) is 7.49. The van der Waals surface area contributed by atoms with Crippen molar-refractivity contribution in [2.45, 2.75) is 0 Å². The summed E-state index contributed by atoms with van der Waals surface area (Å²) in [5, 5.41) is 2.21. The van der Waals surface area contributed by atoms with Gasteiger partial charge in [0, 0.05) is 29.5 Å². The van der Waals surface area contributed by atoms with Crippen molar-refractivity contribution in [1.82, 2.24) is 5.32 Å². The van der Waals surface area contributed by atoms with Crippen molar-refractivity contribution in [2.75, 3.05) is 0 Å². The molecular formula is C10H3Br4NO2. The molecule has 1 aromatic carbocycles. The third kappa shape index (κ3) is 2.43. The number of hydrogen-bond acceptors (Lipinski definition) is 2. The molecule has 0 radical (unpaired) electrons. The lowest BCUT2D eigenvalue weighted by atomic mass is 10.1. The van der Waals surface area contributed by atoms with Crippen molar-refractivity contribution in [2.24, 2.45) is 0 Å². The number of halogens is 4. The molecule has 0 aromatic heterocycles. The summed E-state index contributed by atoms with van der Waals surface area (Å²) >= 11 is 13.5. The number of rotatable bonds is 1. The van der Waals surface area contributed by atoms with E-state index < -0.39 is 11.8 Å². The lowest BCUT2D eigenvalue weighted by Crippen LogP contribution is -2.21. The first-order valence-electron chi connectivity index (χ1n) is 4.32. The molecule has 1 aliphatic heterocycles. The fourth-order valence-electron chi connectivity index (χ4n) is 1.38. The Morgan fingerprint density at radius 2 is 1.59 bits per heavy atom. The Morgan fingerprint density at radius 3 is 2.12 bits per heavy atom. The molecule has 17 heavy (non-hydrogen) atoms. The van der Waals surface area contributed by atoms with Crippen LogP contribution in [0.3, 0.4) is 0 Å². The van der Waals surface area contributed by atoms with E-state index in [9.17, 15) is 9.59 Å². The Labute approximate surface area is 131 Å². The van der Waals surface area contributed by atoms with Crippen LogP contribution in [0.25, 0.3) is 5.57 Å². The van der Waals surface area contributed by atoms with Gasteiger partial charge in [-0.1, -0.05) is 0 Å². The molecule has 7 heteroatoms. The highest BCUT2D eigenvalue weighted by molar-refractivity contribution is 9.15. The highest BCUT2D eigenvalue weighted by atomic mass is 79.9. The van der Waals surface area contributed by atoms with Crippen LogP contribution in [0, 0.1) is 0 Å². The second-order valence-corrected chi connectivity index (χ2v) is 6.46. The fraction of sp³-hybridized carbons (Fsp3) is 0. The van der Waals surface area contributed by atoms with Crippen LogP contribution >= 0.6 is 63.7 Å². The number of nitrogens with one attached hydrogen (secondary N) is 1. The van der Waals surface area contributed by atoms with E-state index in [0.717, 1.165) is 13.4 Å². The fourth-order valence-corrected chi connectivity index (χ4v) is 3.61. The summed E-state index contributed by atoms with van der Waals surface area (Å²) in [4.78, 5) is 22.7. The van der Waals surface area contributed by atoms with Gasteiger partial charge in [0.15, 0.2) is 0 Å². The third-order valence-electron chi connectivity index (χ3n) is 2.15. The van der Waals surface area contributed by atoms with E-state index in [1.807, 2.05) is 0 Å².